The van der Waals surface area contributed by atoms with E-state index in [1.54, 1.807) is 0 Å². The van der Waals surface area contributed by atoms with Crippen LogP contribution < -0.4 is 4.90 Å². The smallest absolute Gasteiger partial charge is 0.274 e. The van der Waals surface area contributed by atoms with E-state index < -0.39 is 0 Å². The van der Waals surface area contributed by atoms with E-state index in [2.05, 4.69) is 15.1 Å². The second-order valence-corrected chi connectivity index (χ2v) is 7.46. The van der Waals surface area contributed by atoms with Gasteiger partial charge < -0.3 is 9.80 Å². The summed E-state index contributed by atoms with van der Waals surface area (Å²) in [7, 11) is 0. The maximum atomic E-state index is 13.3. The van der Waals surface area contributed by atoms with Crippen LogP contribution in [0.25, 0.3) is 0 Å². The van der Waals surface area contributed by atoms with Gasteiger partial charge in [-0.1, -0.05) is 60.7 Å². The summed E-state index contributed by atoms with van der Waals surface area (Å²) in [4.78, 5) is 17.3. The van der Waals surface area contributed by atoms with Gasteiger partial charge in [0.05, 0.1) is 0 Å². The lowest BCUT2D eigenvalue weighted by molar-refractivity contribution is 0.0723. The molecule has 0 N–H and O–H groups in total. The average molecular weight is 386 g/mol. The standard InChI is InChI=1S/C24H26N4O/c29-24(22-14-15-23(26-25-22)27-16-8-3-9-17-27)28(18-20-10-4-1-5-11-20)19-21-12-6-2-7-13-21/h1-2,4-7,10-15H,3,8-9,16-19H2. The Balaban J connectivity index is 1.53. The first-order valence-corrected chi connectivity index (χ1v) is 10.3. The van der Waals surface area contributed by atoms with Crippen molar-refractivity contribution in [3.05, 3.63) is 89.6 Å². The van der Waals surface area contributed by atoms with Crippen LogP contribution in [0, 0.1) is 0 Å². The molecule has 1 amide bonds. The number of rotatable bonds is 6. The van der Waals surface area contributed by atoms with E-state index in [-0.39, 0.29) is 5.91 Å². The molecule has 0 saturated carbocycles. The molecule has 1 fully saturated rings. The Hall–Kier alpha value is -3.21. The van der Waals surface area contributed by atoms with Gasteiger partial charge in [0.1, 0.15) is 0 Å². The highest BCUT2D eigenvalue weighted by Gasteiger charge is 2.20. The molecule has 5 nitrogen and oxygen atoms in total. The topological polar surface area (TPSA) is 49.3 Å². The van der Waals surface area contributed by atoms with Gasteiger partial charge in [-0.2, -0.15) is 0 Å². The molecule has 0 atom stereocenters. The third-order valence-electron chi connectivity index (χ3n) is 5.27. The second-order valence-electron chi connectivity index (χ2n) is 7.46. The number of carbonyl (C=O) groups is 1. The normalized spacial score (nSPS) is 13.9. The van der Waals surface area contributed by atoms with Crippen LogP contribution in [0.5, 0.6) is 0 Å². The fourth-order valence-electron chi connectivity index (χ4n) is 3.70. The molecule has 0 aliphatic carbocycles. The van der Waals surface area contributed by atoms with Crippen molar-refractivity contribution in [1.29, 1.82) is 0 Å². The number of carbonyl (C=O) groups excluding carboxylic acids is 1. The van der Waals surface area contributed by atoms with Crippen molar-refractivity contribution in [2.45, 2.75) is 32.4 Å². The van der Waals surface area contributed by atoms with Gasteiger partial charge in [-0.25, -0.2) is 0 Å². The highest BCUT2D eigenvalue weighted by atomic mass is 16.2. The lowest BCUT2D eigenvalue weighted by atomic mass is 10.1. The summed E-state index contributed by atoms with van der Waals surface area (Å²) in [5.74, 6) is 0.759. The third-order valence-corrected chi connectivity index (χ3v) is 5.27. The van der Waals surface area contributed by atoms with E-state index in [1.165, 1.54) is 19.3 Å². The molecule has 1 saturated heterocycles. The Morgan fingerprint density at radius 3 is 1.86 bits per heavy atom. The van der Waals surface area contributed by atoms with E-state index >= 15 is 0 Å². The lowest BCUT2D eigenvalue weighted by Gasteiger charge is -2.27. The molecule has 1 aromatic heterocycles. The molecule has 1 aliphatic rings. The zero-order valence-electron chi connectivity index (χ0n) is 16.6. The van der Waals surface area contributed by atoms with Crippen molar-refractivity contribution in [2.24, 2.45) is 0 Å². The van der Waals surface area contributed by atoms with E-state index in [9.17, 15) is 4.79 Å². The van der Waals surface area contributed by atoms with Gasteiger partial charge in [-0.05, 0) is 42.5 Å². The van der Waals surface area contributed by atoms with E-state index in [4.69, 9.17) is 0 Å². The van der Waals surface area contributed by atoms with Gasteiger partial charge in [0.25, 0.3) is 5.91 Å². The number of hydrogen-bond donors (Lipinski definition) is 0. The van der Waals surface area contributed by atoms with Crippen molar-refractivity contribution < 1.29 is 4.79 Å². The molecular formula is C24H26N4O. The first-order chi connectivity index (χ1) is 14.3. The van der Waals surface area contributed by atoms with Crippen molar-refractivity contribution in [2.75, 3.05) is 18.0 Å². The van der Waals surface area contributed by atoms with Gasteiger partial charge in [-0.15, -0.1) is 10.2 Å². The minimum absolute atomic E-state index is 0.101. The Labute approximate surface area is 172 Å². The molecule has 1 aliphatic heterocycles. The molecule has 0 bridgehead atoms. The van der Waals surface area contributed by atoms with Crippen LogP contribution >= 0.6 is 0 Å². The number of aromatic nitrogens is 2. The Kier molecular flexibility index (Phi) is 6.15. The van der Waals surface area contributed by atoms with Crippen molar-refractivity contribution >= 4 is 11.7 Å². The SMILES string of the molecule is O=C(c1ccc(N2CCCCC2)nn1)N(Cc1ccccc1)Cc1ccccc1. The summed E-state index contributed by atoms with van der Waals surface area (Å²) >= 11 is 0. The fraction of sp³-hybridized carbons (Fsp3) is 0.292. The molecule has 5 heteroatoms. The Morgan fingerprint density at radius 1 is 0.759 bits per heavy atom. The number of hydrogen-bond acceptors (Lipinski definition) is 4. The van der Waals surface area contributed by atoms with Crippen molar-refractivity contribution in [3.8, 4) is 0 Å². The van der Waals surface area contributed by atoms with Crippen LogP contribution in [0.2, 0.25) is 0 Å². The third kappa shape index (κ3) is 4.99. The zero-order valence-corrected chi connectivity index (χ0v) is 16.6. The average Bonchev–Trinajstić information content (AvgIpc) is 2.80. The van der Waals surface area contributed by atoms with Crippen LogP contribution in [-0.2, 0) is 13.1 Å². The Bertz CT molecular complexity index is 865. The second kappa shape index (κ2) is 9.32. The van der Waals surface area contributed by atoms with Gasteiger partial charge >= 0.3 is 0 Å². The summed E-state index contributed by atoms with van der Waals surface area (Å²) < 4.78 is 0. The minimum Gasteiger partial charge on any atom is -0.355 e. The van der Waals surface area contributed by atoms with Crippen molar-refractivity contribution in [3.63, 3.8) is 0 Å². The first-order valence-electron chi connectivity index (χ1n) is 10.3. The number of amides is 1. The van der Waals surface area contributed by atoms with E-state index in [0.717, 1.165) is 30.0 Å². The van der Waals surface area contributed by atoms with Crippen molar-refractivity contribution in [1.82, 2.24) is 15.1 Å². The van der Waals surface area contributed by atoms with Gasteiger partial charge in [0.15, 0.2) is 11.5 Å². The first kappa shape index (κ1) is 19.1. The lowest BCUT2D eigenvalue weighted by Crippen LogP contribution is -2.32. The molecule has 2 aromatic carbocycles. The summed E-state index contributed by atoms with van der Waals surface area (Å²) in [5, 5.41) is 8.62. The maximum absolute atomic E-state index is 13.3. The number of nitrogens with zero attached hydrogens (tertiary/aromatic N) is 4. The van der Waals surface area contributed by atoms with Crippen LogP contribution in [0.1, 0.15) is 40.9 Å². The highest BCUT2D eigenvalue weighted by Crippen LogP contribution is 2.18. The highest BCUT2D eigenvalue weighted by molar-refractivity contribution is 5.92. The molecule has 148 valence electrons. The van der Waals surface area contributed by atoms with Crippen LogP contribution in [0.4, 0.5) is 5.82 Å². The summed E-state index contributed by atoms with van der Waals surface area (Å²) in [6, 6.07) is 23.8. The number of piperidine rings is 1. The molecular weight excluding hydrogens is 360 g/mol. The zero-order chi connectivity index (χ0) is 19.9. The predicted octanol–water partition coefficient (Wildman–Crippen LogP) is 4.31. The number of anilines is 1. The molecule has 2 heterocycles. The number of benzene rings is 2. The summed E-state index contributed by atoms with van der Waals surface area (Å²) in [5.41, 5.74) is 2.57. The monoisotopic (exact) mass is 386 g/mol. The van der Waals surface area contributed by atoms with Crippen LogP contribution in [0.15, 0.2) is 72.8 Å². The summed E-state index contributed by atoms with van der Waals surface area (Å²) in [6.45, 7) is 3.08. The largest absolute Gasteiger partial charge is 0.355 e. The molecule has 0 spiro atoms. The van der Waals surface area contributed by atoms with Crippen LogP contribution in [0.3, 0.4) is 0 Å². The molecule has 4 rings (SSSR count). The fourth-order valence-corrected chi connectivity index (χ4v) is 3.70. The molecule has 0 unspecified atom stereocenters. The van der Waals surface area contributed by atoms with E-state index in [0.29, 0.717) is 18.8 Å². The summed E-state index contributed by atoms with van der Waals surface area (Å²) in [6.07, 6.45) is 3.64. The quantitative estimate of drug-likeness (QED) is 0.633. The van der Waals surface area contributed by atoms with Crippen LogP contribution in [-0.4, -0.2) is 34.1 Å². The molecule has 3 aromatic rings. The van der Waals surface area contributed by atoms with Gasteiger partial charge in [0, 0.05) is 26.2 Å². The van der Waals surface area contributed by atoms with Gasteiger partial charge in [-0.3, -0.25) is 4.79 Å². The minimum atomic E-state index is -0.101. The Morgan fingerprint density at radius 2 is 1.34 bits per heavy atom. The predicted molar refractivity (Wildman–Crippen MR) is 115 cm³/mol. The maximum Gasteiger partial charge on any atom is 0.274 e. The van der Waals surface area contributed by atoms with E-state index in [1.807, 2.05) is 77.7 Å². The van der Waals surface area contributed by atoms with Gasteiger partial charge in [0.2, 0.25) is 0 Å². The molecule has 29 heavy (non-hydrogen) atoms. The molecule has 0 radical (unpaired) electrons.